The van der Waals surface area contributed by atoms with Gasteiger partial charge in [-0.3, -0.25) is 14.5 Å². The predicted octanol–water partition coefficient (Wildman–Crippen LogP) is 2.56. The van der Waals surface area contributed by atoms with Crippen molar-refractivity contribution in [2.75, 3.05) is 25.0 Å². The smallest absolute Gasteiger partial charge is 0.238 e. The maximum Gasteiger partial charge on any atom is 0.238 e. The lowest BCUT2D eigenvalue weighted by Gasteiger charge is -2.30. The van der Waals surface area contributed by atoms with Crippen LogP contribution in [0.5, 0.6) is 0 Å². The van der Waals surface area contributed by atoms with E-state index in [-0.39, 0.29) is 11.7 Å². The first kappa shape index (κ1) is 14.7. The van der Waals surface area contributed by atoms with Crippen molar-refractivity contribution < 1.29 is 9.59 Å². The summed E-state index contributed by atoms with van der Waals surface area (Å²) in [4.78, 5) is 25.8. The van der Waals surface area contributed by atoms with E-state index < -0.39 is 0 Å². The van der Waals surface area contributed by atoms with Gasteiger partial charge in [0.25, 0.3) is 0 Å². The number of carbonyl (C=O) groups excluding carboxylic acids is 2. The molecule has 1 aliphatic rings. The number of Topliss-reactive ketones (excluding diaryl/α,β-unsaturated/α-hetero) is 1. The molecule has 1 aromatic rings. The van der Waals surface area contributed by atoms with Crippen LogP contribution in [0.1, 0.15) is 37.0 Å². The summed E-state index contributed by atoms with van der Waals surface area (Å²) < 4.78 is 0. The van der Waals surface area contributed by atoms with E-state index in [1.54, 1.807) is 18.2 Å². The lowest BCUT2D eigenvalue weighted by molar-refractivity contribution is -0.117. The molecule has 0 saturated carbocycles. The van der Waals surface area contributed by atoms with Crippen LogP contribution in [0.15, 0.2) is 24.3 Å². The summed E-state index contributed by atoms with van der Waals surface area (Å²) in [6.07, 6.45) is 2.39. The molecule has 2 rings (SSSR count). The minimum atomic E-state index is -0.0483. The van der Waals surface area contributed by atoms with E-state index >= 15 is 0 Å². The third-order valence-corrected chi connectivity index (χ3v) is 3.69. The number of benzene rings is 1. The van der Waals surface area contributed by atoms with E-state index in [0.29, 0.717) is 23.7 Å². The standard InChI is InChI=1S/C16H22N2O2/c1-12-6-5-9-18(10-12)11-16(20)17-15-8-4-3-7-14(15)13(2)19/h3-4,7-8,12H,5-6,9-11H2,1-2H3,(H,17,20). The number of nitrogens with one attached hydrogen (secondary N) is 1. The quantitative estimate of drug-likeness (QED) is 0.858. The Hall–Kier alpha value is -1.68. The number of para-hydroxylation sites is 1. The Morgan fingerprint density at radius 3 is 2.80 bits per heavy atom. The number of anilines is 1. The van der Waals surface area contributed by atoms with Gasteiger partial charge in [-0.25, -0.2) is 0 Å². The summed E-state index contributed by atoms with van der Waals surface area (Å²) in [5, 5.41) is 2.85. The van der Waals surface area contributed by atoms with E-state index in [0.717, 1.165) is 19.5 Å². The molecule has 1 aliphatic heterocycles. The van der Waals surface area contributed by atoms with Gasteiger partial charge in [0.2, 0.25) is 5.91 Å². The molecule has 4 nitrogen and oxygen atoms in total. The van der Waals surface area contributed by atoms with Crippen molar-refractivity contribution >= 4 is 17.4 Å². The maximum atomic E-state index is 12.1. The molecule has 108 valence electrons. The summed E-state index contributed by atoms with van der Waals surface area (Å²) in [6, 6.07) is 7.14. The van der Waals surface area contributed by atoms with E-state index in [1.807, 2.05) is 6.07 Å². The first-order chi connectivity index (χ1) is 9.56. The van der Waals surface area contributed by atoms with Gasteiger partial charge in [0.1, 0.15) is 0 Å². The number of rotatable bonds is 4. The number of hydrogen-bond donors (Lipinski definition) is 1. The van der Waals surface area contributed by atoms with Gasteiger partial charge in [0.15, 0.2) is 5.78 Å². The van der Waals surface area contributed by atoms with Gasteiger partial charge in [-0.2, -0.15) is 0 Å². The van der Waals surface area contributed by atoms with Crippen LogP contribution in [-0.2, 0) is 4.79 Å². The van der Waals surface area contributed by atoms with Crippen molar-refractivity contribution in [1.29, 1.82) is 0 Å². The van der Waals surface area contributed by atoms with Crippen molar-refractivity contribution in [1.82, 2.24) is 4.90 Å². The molecule has 0 spiro atoms. The van der Waals surface area contributed by atoms with Crippen LogP contribution >= 0.6 is 0 Å². The van der Waals surface area contributed by atoms with Crippen LogP contribution in [-0.4, -0.2) is 36.2 Å². The molecule has 20 heavy (non-hydrogen) atoms. The molecule has 1 atom stereocenters. The minimum Gasteiger partial charge on any atom is -0.324 e. The van der Waals surface area contributed by atoms with Gasteiger partial charge in [0, 0.05) is 12.1 Å². The third-order valence-electron chi connectivity index (χ3n) is 3.69. The van der Waals surface area contributed by atoms with E-state index in [2.05, 4.69) is 17.1 Å². The van der Waals surface area contributed by atoms with E-state index in [9.17, 15) is 9.59 Å². The molecule has 1 heterocycles. The monoisotopic (exact) mass is 274 g/mol. The third kappa shape index (κ3) is 3.90. The SMILES string of the molecule is CC(=O)c1ccccc1NC(=O)CN1CCCC(C)C1. The zero-order chi connectivity index (χ0) is 14.5. The second kappa shape index (κ2) is 6.66. The number of nitrogens with zero attached hydrogens (tertiary/aromatic N) is 1. The number of likely N-dealkylation sites (tertiary alicyclic amines) is 1. The van der Waals surface area contributed by atoms with Crippen molar-refractivity contribution in [3.05, 3.63) is 29.8 Å². The van der Waals surface area contributed by atoms with E-state index in [1.165, 1.54) is 13.3 Å². The zero-order valence-electron chi connectivity index (χ0n) is 12.2. The highest BCUT2D eigenvalue weighted by molar-refractivity contribution is 6.04. The first-order valence-corrected chi connectivity index (χ1v) is 7.18. The Bertz CT molecular complexity index is 499. The molecule has 0 aromatic heterocycles. The first-order valence-electron chi connectivity index (χ1n) is 7.18. The number of piperidine rings is 1. The summed E-state index contributed by atoms with van der Waals surface area (Å²) in [5.41, 5.74) is 1.17. The normalized spacial score (nSPS) is 19.6. The van der Waals surface area contributed by atoms with Gasteiger partial charge < -0.3 is 5.32 Å². The molecule has 0 bridgehead atoms. The fourth-order valence-electron chi connectivity index (χ4n) is 2.72. The predicted molar refractivity (Wildman–Crippen MR) is 79.9 cm³/mol. The van der Waals surface area contributed by atoms with Gasteiger partial charge >= 0.3 is 0 Å². The van der Waals surface area contributed by atoms with Gasteiger partial charge in [-0.1, -0.05) is 19.1 Å². The van der Waals surface area contributed by atoms with Gasteiger partial charge in [0.05, 0.1) is 12.2 Å². The topological polar surface area (TPSA) is 49.4 Å². The minimum absolute atomic E-state index is 0.0347. The Kier molecular flexibility index (Phi) is 4.90. The molecule has 1 unspecified atom stereocenters. The Morgan fingerprint density at radius 1 is 1.35 bits per heavy atom. The highest BCUT2D eigenvalue weighted by Crippen LogP contribution is 2.17. The van der Waals surface area contributed by atoms with Crippen molar-refractivity contribution in [3.8, 4) is 0 Å². The molecule has 0 radical (unpaired) electrons. The summed E-state index contributed by atoms with van der Waals surface area (Å²) in [5.74, 6) is 0.571. The molecule has 4 heteroatoms. The molecule has 1 aromatic carbocycles. The summed E-state index contributed by atoms with van der Waals surface area (Å²) in [7, 11) is 0. The highest BCUT2D eigenvalue weighted by atomic mass is 16.2. The number of ketones is 1. The lowest BCUT2D eigenvalue weighted by atomic mass is 10.0. The molecule has 0 aliphatic carbocycles. The lowest BCUT2D eigenvalue weighted by Crippen LogP contribution is -2.39. The summed E-state index contributed by atoms with van der Waals surface area (Å²) in [6.45, 7) is 6.08. The highest BCUT2D eigenvalue weighted by Gasteiger charge is 2.19. The average molecular weight is 274 g/mol. The van der Waals surface area contributed by atoms with Crippen molar-refractivity contribution in [3.63, 3.8) is 0 Å². The van der Waals surface area contributed by atoms with Crippen LogP contribution in [0, 0.1) is 5.92 Å². The summed E-state index contributed by atoms with van der Waals surface area (Å²) >= 11 is 0. The maximum absolute atomic E-state index is 12.1. The fourth-order valence-corrected chi connectivity index (χ4v) is 2.72. The molecule has 1 fully saturated rings. The Labute approximate surface area is 120 Å². The Morgan fingerprint density at radius 2 is 2.10 bits per heavy atom. The van der Waals surface area contributed by atoms with Gasteiger partial charge in [-0.05, 0) is 44.4 Å². The number of hydrogen-bond acceptors (Lipinski definition) is 3. The Balaban J connectivity index is 1.96. The second-order valence-electron chi connectivity index (χ2n) is 5.63. The molecular weight excluding hydrogens is 252 g/mol. The molecule has 1 saturated heterocycles. The molecule has 1 N–H and O–H groups in total. The van der Waals surface area contributed by atoms with Crippen molar-refractivity contribution in [2.24, 2.45) is 5.92 Å². The number of amides is 1. The average Bonchev–Trinajstić information content (AvgIpc) is 2.38. The van der Waals surface area contributed by atoms with Crippen LogP contribution in [0.25, 0.3) is 0 Å². The largest absolute Gasteiger partial charge is 0.324 e. The van der Waals surface area contributed by atoms with Crippen LogP contribution in [0.2, 0.25) is 0 Å². The van der Waals surface area contributed by atoms with Crippen molar-refractivity contribution in [2.45, 2.75) is 26.7 Å². The van der Waals surface area contributed by atoms with Gasteiger partial charge in [-0.15, -0.1) is 0 Å². The fraction of sp³-hybridized carbons (Fsp3) is 0.500. The van der Waals surface area contributed by atoms with E-state index in [4.69, 9.17) is 0 Å². The molecule has 1 amide bonds. The van der Waals surface area contributed by atoms with Crippen LogP contribution in [0.4, 0.5) is 5.69 Å². The molecular formula is C16H22N2O2. The zero-order valence-corrected chi connectivity index (χ0v) is 12.2. The van der Waals surface area contributed by atoms with Crippen LogP contribution in [0.3, 0.4) is 0 Å². The van der Waals surface area contributed by atoms with Crippen LogP contribution < -0.4 is 5.32 Å². The second-order valence-corrected chi connectivity index (χ2v) is 5.63. The number of carbonyl (C=O) groups is 2.